The lowest BCUT2D eigenvalue weighted by Gasteiger charge is -2.02. The molecule has 0 saturated carbocycles. The van der Waals surface area contributed by atoms with E-state index in [1.165, 1.54) is 18.2 Å². The van der Waals surface area contributed by atoms with E-state index in [0.29, 0.717) is 22.3 Å². The van der Waals surface area contributed by atoms with E-state index in [9.17, 15) is 9.18 Å². The van der Waals surface area contributed by atoms with Crippen LogP contribution in [0, 0.1) is 5.82 Å². The standard InChI is InChI=1S/C16H11ClFN3O2/c17-12-5-1-4-11(7-12)16-20-14(21-23-16)9-19-15(22)10-3-2-6-13(18)8-10/h1-8H,9H2,(H,19,22). The Morgan fingerprint density at radius 1 is 1.22 bits per heavy atom. The first kappa shape index (κ1) is 15.2. The molecule has 1 aromatic heterocycles. The Kier molecular flexibility index (Phi) is 4.34. The molecular weight excluding hydrogens is 321 g/mol. The summed E-state index contributed by atoms with van der Waals surface area (Å²) in [5.41, 5.74) is 0.913. The number of nitrogens with one attached hydrogen (secondary N) is 1. The highest BCUT2D eigenvalue weighted by Gasteiger charge is 2.11. The van der Waals surface area contributed by atoms with E-state index in [0.717, 1.165) is 6.07 Å². The van der Waals surface area contributed by atoms with Crippen LogP contribution in [0.2, 0.25) is 5.02 Å². The normalized spacial score (nSPS) is 10.5. The van der Waals surface area contributed by atoms with Crippen LogP contribution >= 0.6 is 11.6 Å². The van der Waals surface area contributed by atoms with Crippen LogP contribution in [-0.4, -0.2) is 16.0 Å². The maximum atomic E-state index is 13.1. The Balaban J connectivity index is 1.67. The summed E-state index contributed by atoms with van der Waals surface area (Å²) in [7, 11) is 0. The molecule has 23 heavy (non-hydrogen) atoms. The zero-order valence-electron chi connectivity index (χ0n) is 11.8. The lowest BCUT2D eigenvalue weighted by atomic mass is 10.2. The van der Waals surface area contributed by atoms with E-state index in [-0.39, 0.29) is 12.1 Å². The second-order valence-electron chi connectivity index (χ2n) is 4.72. The van der Waals surface area contributed by atoms with Gasteiger partial charge in [-0.1, -0.05) is 28.9 Å². The van der Waals surface area contributed by atoms with Crippen molar-refractivity contribution in [1.29, 1.82) is 0 Å². The minimum atomic E-state index is -0.472. The first-order valence-electron chi connectivity index (χ1n) is 6.74. The molecule has 0 atom stereocenters. The van der Waals surface area contributed by atoms with Gasteiger partial charge in [0, 0.05) is 16.1 Å². The Labute approximate surface area is 136 Å². The molecule has 5 nitrogen and oxygen atoms in total. The van der Waals surface area contributed by atoms with Gasteiger partial charge in [-0.2, -0.15) is 4.98 Å². The number of rotatable bonds is 4. The predicted molar refractivity (Wildman–Crippen MR) is 82.3 cm³/mol. The predicted octanol–water partition coefficient (Wildman–Crippen LogP) is 3.46. The Morgan fingerprint density at radius 2 is 2.04 bits per heavy atom. The van der Waals surface area contributed by atoms with E-state index in [4.69, 9.17) is 16.1 Å². The van der Waals surface area contributed by atoms with Crippen molar-refractivity contribution >= 4 is 17.5 Å². The van der Waals surface area contributed by atoms with E-state index < -0.39 is 11.7 Å². The molecule has 3 aromatic rings. The van der Waals surface area contributed by atoms with Crippen LogP contribution < -0.4 is 5.32 Å². The van der Waals surface area contributed by atoms with E-state index >= 15 is 0 Å². The van der Waals surface area contributed by atoms with Crippen molar-refractivity contribution < 1.29 is 13.7 Å². The summed E-state index contributed by atoms with van der Waals surface area (Å²) < 4.78 is 18.2. The monoisotopic (exact) mass is 331 g/mol. The molecule has 0 spiro atoms. The van der Waals surface area contributed by atoms with E-state index in [1.54, 1.807) is 24.3 Å². The van der Waals surface area contributed by atoms with Crippen LogP contribution in [0.4, 0.5) is 4.39 Å². The average Bonchev–Trinajstić information content (AvgIpc) is 3.01. The number of benzene rings is 2. The van der Waals surface area contributed by atoms with Crippen molar-refractivity contribution in [2.75, 3.05) is 0 Å². The van der Waals surface area contributed by atoms with Crippen LogP contribution in [0.25, 0.3) is 11.5 Å². The molecule has 0 aliphatic carbocycles. The van der Waals surface area contributed by atoms with Crippen molar-refractivity contribution in [3.63, 3.8) is 0 Å². The highest BCUT2D eigenvalue weighted by atomic mass is 35.5. The minimum Gasteiger partial charge on any atom is -0.345 e. The third kappa shape index (κ3) is 3.73. The topological polar surface area (TPSA) is 68.0 Å². The van der Waals surface area contributed by atoms with Gasteiger partial charge in [-0.05, 0) is 36.4 Å². The molecule has 0 unspecified atom stereocenters. The fourth-order valence-corrected chi connectivity index (χ4v) is 2.15. The number of carbonyl (C=O) groups excluding carboxylic acids is 1. The van der Waals surface area contributed by atoms with Crippen LogP contribution in [0.1, 0.15) is 16.2 Å². The number of hydrogen-bond acceptors (Lipinski definition) is 4. The maximum absolute atomic E-state index is 13.1. The molecular formula is C16H11ClFN3O2. The van der Waals surface area contributed by atoms with Crippen molar-refractivity contribution in [2.45, 2.75) is 6.54 Å². The molecule has 1 amide bonds. The largest absolute Gasteiger partial charge is 0.345 e. The first-order chi connectivity index (χ1) is 11.1. The zero-order valence-corrected chi connectivity index (χ0v) is 12.5. The zero-order chi connectivity index (χ0) is 16.2. The van der Waals surface area contributed by atoms with Crippen LogP contribution in [0.15, 0.2) is 53.1 Å². The summed E-state index contributed by atoms with van der Waals surface area (Å²) in [4.78, 5) is 16.1. The highest BCUT2D eigenvalue weighted by Crippen LogP contribution is 2.20. The summed E-state index contributed by atoms with van der Waals surface area (Å²) in [6.45, 7) is 0.0689. The number of amides is 1. The van der Waals surface area contributed by atoms with Gasteiger partial charge in [0.15, 0.2) is 5.82 Å². The van der Waals surface area contributed by atoms with Gasteiger partial charge >= 0.3 is 0 Å². The van der Waals surface area contributed by atoms with Gasteiger partial charge in [-0.15, -0.1) is 0 Å². The maximum Gasteiger partial charge on any atom is 0.258 e. The molecule has 0 saturated heterocycles. The van der Waals surface area contributed by atoms with Crippen LogP contribution in [-0.2, 0) is 6.54 Å². The molecule has 0 radical (unpaired) electrons. The van der Waals surface area contributed by atoms with Gasteiger partial charge in [0.2, 0.25) is 0 Å². The van der Waals surface area contributed by atoms with Crippen molar-refractivity contribution in [1.82, 2.24) is 15.5 Å². The van der Waals surface area contributed by atoms with Crippen molar-refractivity contribution in [3.05, 3.63) is 70.8 Å². The Bertz CT molecular complexity index is 851. The SMILES string of the molecule is O=C(NCc1noc(-c2cccc(Cl)c2)n1)c1cccc(F)c1. The molecule has 0 fully saturated rings. The third-order valence-electron chi connectivity index (χ3n) is 3.03. The fourth-order valence-electron chi connectivity index (χ4n) is 1.96. The van der Waals surface area contributed by atoms with Gasteiger partial charge in [-0.3, -0.25) is 4.79 Å². The summed E-state index contributed by atoms with van der Waals surface area (Å²) in [6.07, 6.45) is 0. The number of aromatic nitrogens is 2. The third-order valence-corrected chi connectivity index (χ3v) is 3.27. The second-order valence-corrected chi connectivity index (χ2v) is 5.16. The first-order valence-corrected chi connectivity index (χ1v) is 7.12. The van der Waals surface area contributed by atoms with Crippen LogP contribution in [0.3, 0.4) is 0 Å². The van der Waals surface area contributed by atoms with Gasteiger partial charge in [0.25, 0.3) is 11.8 Å². The van der Waals surface area contributed by atoms with Gasteiger partial charge in [-0.25, -0.2) is 4.39 Å². The van der Waals surface area contributed by atoms with E-state index in [1.807, 2.05) is 0 Å². The number of carbonyl (C=O) groups is 1. The molecule has 7 heteroatoms. The molecule has 0 aliphatic rings. The van der Waals surface area contributed by atoms with Gasteiger partial charge in [0.05, 0.1) is 6.54 Å². The number of halogens is 2. The summed E-state index contributed by atoms with van der Waals surface area (Å²) >= 11 is 5.91. The molecule has 116 valence electrons. The molecule has 3 rings (SSSR count). The molecule has 1 heterocycles. The van der Waals surface area contributed by atoms with Crippen LogP contribution in [0.5, 0.6) is 0 Å². The second kappa shape index (κ2) is 6.58. The Hall–Kier alpha value is -2.73. The fraction of sp³-hybridized carbons (Fsp3) is 0.0625. The molecule has 0 aliphatic heterocycles. The smallest absolute Gasteiger partial charge is 0.258 e. The minimum absolute atomic E-state index is 0.0689. The quantitative estimate of drug-likeness (QED) is 0.795. The van der Waals surface area contributed by atoms with Crippen molar-refractivity contribution in [3.8, 4) is 11.5 Å². The molecule has 1 N–H and O–H groups in total. The lowest BCUT2D eigenvalue weighted by molar-refractivity contribution is 0.0949. The molecule has 2 aromatic carbocycles. The van der Waals surface area contributed by atoms with Crippen molar-refractivity contribution in [2.24, 2.45) is 0 Å². The summed E-state index contributed by atoms with van der Waals surface area (Å²) in [5.74, 6) is -0.272. The number of hydrogen-bond donors (Lipinski definition) is 1. The van der Waals surface area contributed by atoms with E-state index in [2.05, 4.69) is 15.5 Å². The van der Waals surface area contributed by atoms with Gasteiger partial charge < -0.3 is 9.84 Å². The highest BCUT2D eigenvalue weighted by molar-refractivity contribution is 6.30. The molecule has 0 bridgehead atoms. The van der Waals surface area contributed by atoms with Gasteiger partial charge in [0.1, 0.15) is 5.82 Å². The lowest BCUT2D eigenvalue weighted by Crippen LogP contribution is -2.23. The number of nitrogens with zero attached hydrogens (tertiary/aromatic N) is 2. The summed E-state index contributed by atoms with van der Waals surface area (Å²) in [6, 6.07) is 12.4. The average molecular weight is 332 g/mol. The summed E-state index contributed by atoms with van der Waals surface area (Å²) in [5, 5.41) is 6.95. The Morgan fingerprint density at radius 3 is 2.83 bits per heavy atom.